The molecule has 0 radical (unpaired) electrons. The minimum Gasteiger partial charge on any atom is -0.353 e. The summed E-state index contributed by atoms with van der Waals surface area (Å²) in [6.07, 6.45) is 12.3. The number of rotatable bonds is 6. The van der Waals surface area contributed by atoms with E-state index in [-0.39, 0.29) is 5.92 Å². The van der Waals surface area contributed by atoms with E-state index in [2.05, 4.69) is 24.5 Å². The smallest absolute Gasteiger partial charge is 0.223 e. The lowest BCUT2D eigenvalue weighted by Gasteiger charge is -2.31. The van der Waals surface area contributed by atoms with Gasteiger partial charge in [-0.2, -0.15) is 0 Å². The molecule has 3 atom stereocenters. The van der Waals surface area contributed by atoms with Gasteiger partial charge < -0.3 is 10.6 Å². The molecule has 1 saturated carbocycles. The quantitative estimate of drug-likeness (QED) is 0.785. The Morgan fingerprint density at radius 3 is 2.67 bits per heavy atom. The average Bonchev–Trinajstić information content (AvgIpc) is 2.48. The van der Waals surface area contributed by atoms with Crippen LogP contribution in [0, 0.1) is 11.8 Å². The lowest BCUT2D eigenvalue weighted by Crippen LogP contribution is -2.48. The predicted octanol–water partition coefficient (Wildman–Crippen LogP) is 3.63. The van der Waals surface area contributed by atoms with Crippen LogP contribution in [0.2, 0.25) is 0 Å². The lowest BCUT2D eigenvalue weighted by molar-refractivity contribution is -0.126. The zero-order valence-corrected chi connectivity index (χ0v) is 14.0. The molecule has 3 unspecified atom stereocenters. The van der Waals surface area contributed by atoms with E-state index in [9.17, 15) is 4.79 Å². The summed E-state index contributed by atoms with van der Waals surface area (Å²) in [4.78, 5) is 12.7. The molecule has 2 aliphatic rings. The van der Waals surface area contributed by atoms with Crippen molar-refractivity contribution in [1.29, 1.82) is 0 Å². The second-order valence-electron chi connectivity index (χ2n) is 7.31. The highest BCUT2D eigenvalue weighted by molar-refractivity contribution is 5.79. The minimum atomic E-state index is 0.253. The average molecular weight is 294 g/mol. The fourth-order valence-corrected chi connectivity index (χ4v) is 4.11. The maximum Gasteiger partial charge on any atom is 0.223 e. The van der Waals surface area contributed by atoms with E-state index < -0.39 is 0 Å². The molecule has 1 aliphatic heterocycles. The molecule has 0 aromatic rings. The van der Waals surface area contributed by atoms with E-state index in [1.54, 1.807) is 0 Å². The number of piperidine rings is 1. The van der Waals surface area contributed by atoms with Crippen LogP contribution >= 0.6 is 0 Å². The molecule has 1 saturated heterocycles. The summed E-state index contributed by atoms with van der Waals surface area (Å²) in [5.41, 5.74) is 0. The van der Waals surface area contributed by atoms with Gasteiger partial charge in [0.1, 0.15) is 0 Å². The number of carbonyl (C=O) groups excluding carboxylic acids is 1. The van der Waals surface area contributed by atoms with Crippen LogP contribution in [0.15, 0.2) is 0 Å². The molecule has 1 heterocycles. The standard InChI is InChI=1S/C18H34N2O/c1-3-7-16(13-15-8-5-4-6-9-15)18(21)20-17-10-11-19-14(2)12-17/h14-17,19H,3-13H2,1-2H3,(H,20,21). The van der Waals surface area contributed by atoms with E-state index >= 15 is 0 Å². The van der Waals surface area contributed by atoms with Crippen molar-refractivity contribution in [2.24, 2.45) is 11.8 Å². The second-order valence-corrected chi connectivity index (χ2v) is 7.31. The van der Waals surface area contributed by atoms with Crippen molar-refractivity contribution in [3.8, 4) is 0 Å². The highest BCUT2D eigenvalue weighted by Crippen LogP contribution is 2.30. The highest BCUT2D eigenvalue weighted by Gasteiger charge is 2.26. The zero-order valence-electron chi connectivity index (χ0n) is 14.0. The first-order valence-corrected chi connectivity index (χ1v) is 9.22. The Balaban J connectivity index is 1.82. The van der Waals surface area contributed by atoms with Crippen LogP contribution in [-0.4, -0.2) is 24.5 Å². The van der Waals surface area contributed by atoms with Gasteiger partial charge in [-0.25, -0.2) is 0 Å². The van der Waals surface area contributed by atoms with E-state index in [0.29, 0.717) is 18.0 Å². The van der Waals surface area contributed by atoms with Gasteiger partial charge in [0, 0.05) is 18.0 Å². The lowest BCUT2D eigenvalue weighted by atomic mass is 9.81. The monoisotopic (exact) mass is 294 g/mol. The molecule has 0 aromatic heterocycles. The van der Waals surface area contributed by atoms with Crippen LogP contribution in [-0.2, 0) is 4.79 Å². The normalized spacial score (nSPS) is 29.0. The van der Waals surface area contributed by atoms with E-state index in [1.807, 2.05) is 0 Å². The summed E-state index contributed by atoms with van der Waals surface area (Å²) in [5.74, 6) is 1.39. The molecular formula is C18H34N2O. The maximum atomic E-state index is 12.7. The maximum absolute atomic E-state index is 12.7. The van der Waals surface area contributed by atoms with Crippen LogP contribution in [0.25, 0.3) is 0 Å². The highest BCUT2D eigenvalue weighted by atomic mass is 16.1. The van der Waals surface area contributed by atoms with Gasteiger partial charge in [0.15, 0.2) is 0 Å². The fraction of sp³-hybridized carbons (Fsp3) is 0.944. The largest absolute Gasteiger partial charge is 0.353 e. The molecule has 3 nitrogen and oxygen atoms in total. The van der Waals surface area contributed by atoms with Crippen molar-refractivity contribution in [3.05, 3.63) is 0 Å². The van der Waals surface area contributed by atoms with Gasteiger partial charge in [-0.3, -0.25) is 4.79 Å². The first-order chi connectivity index (χ1) is 10.2. The van der Waals surface area contributed by atoms with E-state index in [1.165, 1.54) is 32.1 Å². The fourth-order valence-electron chi connectivity index (χ4n) is 4.11. The van der Waals surface area contributed by atoms with Gasteiger partial charge in [0.2, 0.25) is 5.91 Å². The van der Waals surface area contributed by atoms with Crippen molar-refractivity contribution >= 4 is 5.91 Å². The molecule has 2 rings (SSSR count). The topological polar surface area (TPSA) is 41.1 Å². The second kappa shape index (κ2) is 8.77. The Labute approximate surface area is 130 Å². The first-order valence-electron chi connectivity index (χ1n) is 9.22. The number of carbonyl (C=O) groups is 1. The Hall–Kier alpha value is -0.570. The molecule has 0 aromatic carbocycles. The zero-order chi connectivity index (χ0) is 15.1. The summed E-state index contributed by atoms with van der Waals surface area (Å²) in [5, 5.41) is 6.80. The predicted molar refractivity (Wildman–Crippen MR) is 88.2 cm³/mol. The van der Waals surface area contributed by atoms with Gasteiger partial charge in [-0.1, -0.05) is 45.4 Å². The number of hydrogen-bond donors (Lipinski definition) is 2. The molecular weight excluding hydrogens is 260 g/mol. The summed E-state index contributed by atoms with van der Waals surface area (Å²) in [6.45, 7) is 5.45. The summed E-state index contributed by atoms with van der Waals surface area (Å²) in [6, 6.07) is 0.923. The molecule has 0 spiro atoms. The number of amides is 1. The third-order valence-corrected chi connectivity index (χ3v) is 5.32. The van der Waals surface area contributed by atoms with Crippen molar-refractivity contribution in [3.63, 3.8) is 0 Å². The molecule has 21 heavy (non-hydrogen) atoms. The molecule has 0 bridgehead atoms. The molecule has 2 N–H and O–H groups in total. The van der Waals surface area contributed by atoms with Crippen LogP contribution < -0.4 is 10.6 Å². The summed E-state index contributed by atoms with van der Waals surface area (Å²) >= 11 is 0. The van der Waals surface area contributed by atoms with Crippen molar-refractivity contribution in [2.45, 2.75) is 90.1 Å². The van der Waals surface area contributed by atoms with Gasteiger partial charge in [-0.15, -0.1) is 0 Å². The van der Waals surface area contributed by atoms with E-state index in [4.69, 9.17) is 0 Å². The molecule has 2 fully saturated rings. The van der Waals surface area contributed by atoms with Crippen molar-refractivity contribution in [2.75, 3.05) is 6.54 Å². The molecule has 1 amide bonds. The Bertz CT molecular complexity index is 312. The van der Waals surface area contributed by atoms with Crippen molar-refractivity contribution in [1.82, 2.24) is 10.6 Å². The first kappa shape index (κ1) is 16.8. The van der Waals surface area contributed by atoms with Crippen LogP contribution in [0.1, 0.15) is 78.1 Å². The molecule has 1 aliphatic carbocycles. The van der Waals surface area contributed by atoms with Gasteiger partial charge in [0.25, 0.3) is 0 Å². The third kappa shape index (κ3) is 5.61. The molecule has 122 valence electrons. The van der Waals surface area contributed by atoms with Crippen molar-refractivity contribution < 1.29 is 4.79 Å². The Morgan fingerprint density at radius 2 is 2.00 bits per heavy atom. The van der Waals surface area contributed by atoms with E-state index in [0.717, 1.165) is 44.6 Å². The minimum absolute atomic E-state index is 0.253. The number of nitrogens with one attached hydrogen (secondary N) is 2. The summed E-state index contributed by atoms with van der Waals surface area (Å²) < 4.78 is 0. The van der Waals surface area contributed by atoms with Crippen LogP contribution in [0.4, 0.5) is 0 Å². The molecule has 3 heteroatoms. The number of hydrogen-bond acceptors (Lipinski definition) is 2. The Morgan fingerprint density at radius 1 is 1.24 bits per heavy atom. The SMILES string of the molecule is CCCC(CC1CCCCC1)C(=O)NC1CCNC(C)C1. The Kier molecular flexibility index (Phi) is 7.01. The third-order valence-electron chi connectivity index (χ3n) is 5.32. The van der Waals surface area contributed by atoms with Crippen LogP contribution in [0.5, 0.6) is 0 Å². The van der Waals surface area contributed by atoms with Gasteiger partial charge >= 0.3 is 0 Å². The summed E-state index contributed by atoms with van der Waals surface area (Å²) in [7, 11) is 0. The van der Waals surface area contributed by atoms with Gasteiger partial charge in [0.05, 0.1) is 0 Å². The van der Waals surface area contributed by atoms with Gasteiger partial charge in [-0.05, 0) is 45.1 Å². The van der Waals surface area contributed by atoms with Crippen LogP contribution in [0.3, 0.4) is 0 Å².